The first-order chi connectivity index (χ1) is 8.29. The Bertz CT molecular complexity index is 205. The Morgan fingerprint density at radius 3 is 2.35 bits per heavy atom. The molecule has 2 aliphatic rings. The SMILES string of the molecule is CCC(C)C1CCC(CN2CCOCC2)CC1. The van der Waals surface area contributed by atoms with Gasteiger partial charge in [0.25, 0.3) is 0 Å². The maximum absolute atomic E-state index is 5.41. The van der Waals surface area contributed by atoms with Gasteiger partial charge in [-0.1, -0.05) is 20.3 Å². The second-order valence-electron chi connectivity index (χ2n) is 6.08. The van der Waals surface area contributed by atoms with Gasteiger partial charge in [0, 0.05) is 19.6 Å². The summed E-state index contributed by atoms with van der Waals surface area (Å²) in [6.07, 6.45) is 7.24. The molecule has 2 rings (SSSR count). The van der Waals surface area contributed by atoms with Crippen LogP contribution >= 0.6 is 0 Å². The minimum Gasteiger partial charge on any atom is -0.379 e. The van der Waals surface area contributed by atoms with Crippen molar-refractivity contribution in [2.24, 2.45) is 17.8 Å². The molecule has 100 valence electrons. The summed E-state index contributed by atoms with van der Waals surface area (Å²) < 4.78 is 5.41. The Balaban J connectivity index is 1.67. The molecule has 0 aromatic rings. The summed E-state index contributed by atoms with van der Waals surface area (Å²) in [5.41, 5.74) is 0. The second-order valence-corrected chi connectivity index (χ2v) is 6.08. The summed E-state index contributed by atoms with van der Waals surface area (Å²) >= 11 is 0. The van der Waals surface area contributed by atoms with Crippen LogP contribution < -0.4 is 0 Å². The first kappa shape index (κ1) is 13.4. The van der Waals surface area contributed by atoms with Crippen molar-refractivity contribution in [3.63, 3.8) is 0 Å². The molecule has 0 radical (unpaired) electrons. The fraction of sp³-hybridized carbons (Fsp3) is 1.00. The molecule has 0 spiro atoms. The van der Waals surface area contributed by atoms with E-state index >= 15 is 0 Å². The largest absolute Gasteiger partial charge is 0.379 e. The van der Waals surface area contributed by atoms with E-state index in [2.05, 4.69) is 18.7 Å². The van der Waals surface area contributed by atoms with Crippen molar-refractivity contribution in [2.45, 2.75) is 46.0 Å². The third-order valence-corrected chi connectivity index (χ3v) is 4.96. The van der Waals surface area contributed by atoms with Gasteiger partial charge in [-0.05, 0) is 43.4 Å². The van der Waals surface area contributed by atoms with Crippen molar-refractivity contribution in [2.75, 3.05) is 32.8 Å². The normalized spacial score (nSPS) is 33.5. The van der Waals surface area contributed by atoms with E-state index in [0.717, 1.165) is 44.1 Å². The maximum atomic E-state index is 5.41. The van der Waals surface area contributed by atoms with E-state index in [4.69, 9.17) is 4.74 Å². The van der Waals surface area contributed by atoms with Crippen LogP contribution in [0, 0.1) is 17.8 Å². The van der Waals surface area contributed by atoms with E-state index in [1.54, 1.807) is 0 Å². The van der Waals surface area contributed by atoms with E-state index in [1.807, 2.05) is 0 Å². The highest BCUT2D eigenvalue weighted by Gasteiger charge is 2.25. The third kappa shape index (κ3) is 3.96. The smallest absolute Gasteiger partial charge is 0.0594 e. The Labute approximate surface area is 107 Å². The summed E-state index contributed by atoms with van der Waals surface area (Å²) in [6, 6.07) is 0. The number of ether oxygens (including phenoxy) is 1. The standard InChI is InChI=1S/C15H29NO/c1-3-13(2)15-6-4-14(5-7-15)12-16-8-10-17-11-9-16/h13-15H,3-12H2,1-2H3. The first-order valence-electron chi connectivity index (χ1n) is 7.59. The molecule has 0 aromatic carbocycles. The molecule has 1 saturated heterocycles. The lowest BCUT2D eigenvalue weighted by Crippen LogP contribution is -2.40. The van der Waals surface area contributed by atoms with Crippen molar-refractivity contribution < 1.29 is 4.74 Å². The Hall–Kier alpha value is -0.0800. The highest BCUT2D eigenvalue weighted by molar-refractivity contribution is 4.78. The molecule has 1 unspecified atom stereocenters. The van der Waals surface area contributed by atoms with Crippen LogP contribution in [0.2, 0.25) is 0 Å². The predicted molar refractivity (Wildman–Crippen MR) is 72.2 cm³/mol. The van der Waals surface area contributed by atoms with Gasteiger partial charge in [0.1, 0.15) is 0 Å². The quantitative estimate of drug-likeness (QED) is 0.747. The van der Waals surface area contributed by atoms with Crippen LogP contribution in [0.4, 0.5) is 0 Å². The molecule has 2 nitrogen and oxygen atoms in total. The molecule has 2 heteroatoms. The van der Waals surface area contributed by atoms with Crippen LogP contribution in [0.5, 0.6) is 0 Å². The lowest BCUT2D eigenvalue weighted by Gasteiger charge is -2.36. The maximum Gasteiger partial charge on any atom is 0.0594 e. The van der Waals surface area contributed by atoms with E-state index in [0.29, 0.717) is 0 Å². The van der Waals surface area contributed by atoms with Crippen LogP contribution in [0.15, 0.2) is 0 Å². The number of morpholine rings is 1. The molecule has 0 amide bonds. The lowest BCUT2D eigenvalue weighted by atomic mass is 9.75. The fourth-order valence-corrected chi connectivity index (χ4v) is 3.42. The highest BCUT2D eigenvalue weighted by Crippen LogP contribution is 2.34. The van der Waals surface area contributed by atoms with E-state index in [-0.39, 0.29) is 0 Å². The van der Waals surface area contributed by atoms with Crippen LogP contribution in [0.3, 0.4) is 0 Å². The monoisotopic (exact) mass is 239 g/mol. The van der Waals surface area contributed by atoms with Crippen molar-refractivity contribution in [1.82, 2.24) is 4.90 Å². The zero-order valence-corrected chi connectivity index (χ0v) is 11.7. The molecule has 1 aliphatic heterocycles. The average Bonchev–Trinajstić information content (AvgIpc) is 2.40. The zero-order valence-electron chi connectivity index (χ0n) is 11.7. The third-order valence-electron chi connectivity index (χ3n) is 4.96. The van der Waals surface area contributed by atoms with Crippen LogP contribution in [0.25, 0.3) is 0 Å². The van der Waals surface area contributed by atoms with Gasteiger partial charge >= 0.3 is 0 Å². The Morgan fingerprint density at radius 1 is 1.12 bits per heavy atom. The van der Waals surface area contributed by atoms with Gasteiger partial charge in [-0.25, -0.2) is 0 Å². The summed E-state index contributed by atoms with van der Waals surface area (Å²) in [7, 11) is 0. The predicted octanol–water partition coefficient (Wildman–Crippen LogP) is 3.17. The van der Waals surface area contributed by atoms with E-state index in [9.17, 15) is 0 Å². The first-order valence-corrected chi connectivity index (χ1v) is 7.59. The van der Waals surface area contributed by atoms with Crippen LogP contribution in [0.1, 0.15) is 46.0 Å². The molecule has 1 atom stereocenters. The number of hydrogen-bond acceptors (Lipinski definition) is 2. The van der Waals surface area contributed by atoms with Crippen molar-refractivity contribution in [3.8, 4) is 0 Å². The van der Waals surface area contributed by atoms with Gasteiger partial charge in [-0.15, -0.1) is 0 Å². The molecular formula is C15H29NO. The molecule has 17 heavy (non-hydrogen) atoms. The second kappa shape index (κ2) is 6.75. The van der Waals surface area contributed by atoms with E-state index < -0.39 is 0 Å². The summed E-state index contributed by atoms with van der Waals surface area (Å²) in [4.78, 5) is 2.61. The molecule has 1 saturated carbocycles. The topological polar surface area (TPSA) is 12.5 Å². The van der Waals surface area contributed by atoms with Crippen LogP contribution in [-0.2, 0) is 4.74 Å². The van der Waals surface area contributed by atoms with Gasteiger partial charge in [0.05, 0.1) is 13.2 Å². The van der Waals surface area contributed by atoms with Crippen molar-refractivity contribution in [3.05, 3.63) is 0 Å². The number of nitrogens with zero attached hydrogens (tertiary/aromatic N) is 1. The van der Waals surface area contributed by atoms with Crippen molar-refractivity contribution in [1.29, 1.82) is 0 Å². The molecular weight excluding hydrogens is 210 g/mol. The molecule has 0 aromatic heterocycles. The summed E-state index contributed by atoms with van der Waals surface area (Å²) in [6.45, 7) is 10.3. The molecule has 1 heterocycles. The zero-order chi connectivity index (χ0) is 12.1. The summed E-state index contributed by atoms with van der Waals surface area (Å²) in [5, 5.41) is 0. The molecule has 0 bridgehead atoms. The van der Waals surface area contributed by atoms with Crippen LogP contribution in [-0.4, -0.2) is 37.7 Å². The number of hydrogen-bond donors (Lipinski definition) is 0. The van der Waals surface area contributed by atoms with Gasteiger partial charge in [-0.3, -0.25) is 4.90 Å². The summed E-state index contributed by atoms with van der Waals surface area (Å²) in [5.74, 6) is 2.92. The van der Waals surface area contributed by atoms with Gasteiger partial charge in [0.2, 0.25) is 0 Å². The van der Waals surface area contributed by atoms with Crippen molar-refractivity contribution >= 4 is 0 Å². The number of rotatable bonds is 4. The van der Waals surface area contributed by atoms with Gasteiger partial charge in [-0.2, -0.15) is 0 Å². The lowest BCUT2D eigenvalue weighted by molar-refractivity contribution is 0.0254. The van der Waals surface area contributed by atoms with Gasteiger partial charge in [0.15, 0.2) is 0 Å². The highest BCUT2D eigenvalue weighted by atomic mass is 16.5. The van der Waals surface area contributed by atoms with E-state index in [1.165, 1.54) is 38.6 Å². The average molecular weight is 239 g/mol. The molecule has 2 fully saturated rings. The fourth-order valence-electron chi connectivity index (χ4n) is 3.42. The Kier molecular flexibility index (Phi) is 5.30. The Morgan fingerprint density at radius 2 is 1.76 bits per heavy atom. The molecule has 1 aliphatic carbocycles. The minimum atomic E-state index is 0.944. The minimum absolute atomic E-state index is 0.944. The van der Waals surface area contributed by atoms with Gasteiger partial charge < -0.3 is 4.74 Å². The molecule has 0 N–H and O–H groups in total.